The Hall–Kier alpha value is -3.09. The van der Waals surface area contributed by atoms with Gasteiger partial charge in [0.15, 0.2) is 11.5 Å². The molecule has 0 amide bonds. The van der Waals surface area contributed by atoms with E-state index in [2.05, 4.69) is 4.74 Å². The standard InChI is InChI=1S/C19H15FO6/c1-23-13-6-4-3-5-10(13)16-11-7-14-15(26-9-25-14)8-12(11)17(21)19(16,20)18(22)24-2/h3-8,16H,9H2,1-2H3/t16-,19+/m1/s1. The van der Waals surface area contributed by atoms with Gasteiger partial charge in [-0.15, -0.1) is 0 Å². The van der Waals surface area contributed by atoms with Crippen LogP contribution in [0.3, 0.4) is 0 Å². The van der Waals surface area contributed by atoms with Crippen LogP contribution in [0, 0.1) is 0 Å². The molecule has 0 fully saturated rings. The van der Waals surface area contributed by atoms with E-state index in [0.29, 0.717) is 28.4 Å². The number of Topliss-reactive ketones (excluding diaryl/α,β-unsaturated/α-hetero) is 1. The van der Waals surface area contributed by atoms with Crippen LogP contribution in [0.2, 0.25) is 0 Å². The lowest BCUT2D eigenvalue weighted by Gasteiger charge is -2.25. The normalized spacial score (nSPS) is 22.9. The van der Waals surface area contributed by atoms with E-state index in [0.717, 1.165) is 7.11 Å². The number of ketones is 1. The van der Waals surface area contributed by atoms with Crippen LogP contribution in [0.4, 0.5) is 4.39 Å². The molecule has 0 bridgehead atoms. The zero-order chi connectivity index (χ0) is 18.5. The van der Waals surface area contributed by atoms with E-state index < -0.39 is 23.3 Å². The zero-order valence-corrected chi connectivity index (χ0v) is 14.1. The topological polar surface area (TPSA) is 71.1 Å². The molecule has 6 nitrogen and oxygen atoms in total. The van der Waals surface area contributed by atoms with E-state index >= 15 is 4.39 Å². The van der Waals surface area contributed by atoms with Crippen molar-refractivity contribution in [3.8, 4) is 17.2 Å². The van der Waals surface area contributed by atoms with Crippen molar-refractivity contribution in [3.63, 3.8) is 0 Å². The van der Waals surface area contributed by atoms with Gasteiger partial charge in [-0.2, -0.15) is 0 Å². The minimum Gasteiger partial charge on any atom is -0.496 e. The molecular formula is C19H15FO6. The van der Waals surface area contributed by atoms with Crippen LogP contribution >= 0.6 is 0 Å². The molecule has 0 spiro atoms. The molecule has 2 atom stereocenters. The number of esters is 1. The lowest BCUT2D eigenvalue weighted by molar-refractivity contribution is -0.151. The average Bonchev–Trinajstić information content (AvgIpc) is 3.21. The lowest BCUT2D eigenvalue weighted by atomic mass is 9.82. The Labute approximate surface area is 148 Å². The van der Waals surface area contributed by atoms with Crippen LogP contribution in [-0.2, 0) is 9.53 Å². The van der Waals surface area contributed by atoms with Gasteiger partial charge >= 0.3 is 5.97 Å². The summed E-state index contributed by atoms with van der Waals surface area (Å²) in [4.78, 5) is 25.2. The third kappa shape index (κ3) is 2.03. The SMILES string of the molecule is COC(=O)[C@@]1(F)C(=O)c2cc3c(cc2[C@H]1c1ccccc1OC)OCO3. The largest absolute Gasteiger partial charge is 0.496 e. The number of rotatable bonds is 3. The Balaban J connectivity index is 2.00. The molecule has 2 aromatic rings. The first-order valence-electron chi connectivity index (χ1n) is 7.91. The van der Waals surface area contributed by atoms with Crippen LogP contribution in [0.15, 0.2) is 36.4 Å². The number of fused-ring (bicyclic) bond motifs is 2. The van der Waals surface area contributed by atoms with E-state index in [9.17, 15) is 9.59 Å². The zero-order valence-electron chi connectivity index (χ0n) is 14.1. The minimum absolute atomic E-state index is 0.0174. The van der Waals surface area contributed by atoms with Gasteiger partial charge < -0.3 is 18.9 Å². The van der Waals surface area contributed by atoms with Gasteiger partial charge in [0.1, 0.15) is 5.75 Å². The van der Waals surface area contributed by atoms with Gasteiger partial charge in [0.25, 0.3) is 5.67 Å². The number of ether oxygens (including phenoxy) is 4. The highest BCUT2D eigenvalue weighted by Crippen LogP contribution is 2.53. The summed E-state index contributed by atoms with van der Waals surface area (Å²) in [5.41, 5.74) is -2.13. The van der Waals surface area contributed by atoms with E-state index in [1.807, 2.05) is 0 Å². The van der Waals surface area contributed by atoms with Gasteiger partial charge in [0.05, 0.1) is 20.1 Å². The Morgan fingerprint density at radius 1 is 1.15 bits per heavy atom. The molecule has 2 aliphatic rings. The van der Waals surface area contributed by atoms with Gasteiger partial charge in [-0.3, -0.25) is 4.79 Å². The Kier molecular flexibility index (Phi) is 3.61. The Morgan fingerprint density at radius 2 is 1.85 bits per heavy atom. The highest BCUT2D eigenvalue weighted by Gasteiger charge is 2.62. The Morgan fingerprint density at radius 3 is 2.54 bits per heavy atom. The molecule has 0 radical (unpaired) electrons. The molecule has 0 unspecified atom stereocenters. The van der Waals surface area contributed by atoms with E-state index in [1.54, 1.807) is 24.3 Å². The second kappa shape index (κ2) is 5.72. The highest BCUT2D eigenvalue weighted by molar-refractivity contribution is 6.20. The first-order chi connectivity index (χ1) is 12.5. The predicted molar refractivity (Wildman–Crippen MR) is 87.6 cm³/mol. The summed E-state index contributed by atoms with van der Waals surface area (Å²) >= 11 is 0. The molecule has 26 heavy (non-hydrogen) atoms. The van der Waals surface area contributed by atoms with Gasteiger partial charge in [-0.05, 0) is 23.8 Å². The number of alkyl halides is 1. The maximum absolute atomic E-state index is 16.0. The van der Waals surface area contributed by atoms with Crippen molar-refractivity contribution in [1.29, 1.82) is 0 Å². The van der Waals surface area contributed by atoms with Crippen molar-refractivity contribution >= 4 is 11.8 Å². The summed E-state index contributed by atoms with van der Waals surface area (Å²) in [5.74, 6) is -2.34. The molecule has 2 aromatic carbocycles. The van der Waals surface area contributed by atoms with Crippen molar-refractivity contribution < 1.29 is 32.9 Å². The molecule has 7 heteroatoms. The summed E-state index contributed by atoms with van der Waals surface area (Å²) in [7, 11) is 2.49. The summed E-state index contributed by atoms with van der Waals surface area (Å²) in [6, 6.07) is 9.61. The van der Waals surface area contributed by atoms with Crippen molar-refractivity contribution in [3.05, 3.63) is 53.1 Å². The van der Waals surface area contributed by atoms with Crippen LogP contribution in [0.1, 0.15) is 27.4 Å². The van der Waals surface area contributed by atoms with Crippen molar-refractivity contribution in [2.75, 3.05) is 21.0 Å². The fraction of sp³-hybridized carbons (Fsp3) is 0.263. The summed E-state index contributed by atoms with van der Waals surface area (Å²) < 4.78 is 36.6. The number of methoxy groups -OCH3 is 2. The third-order valence-electron chi connectivity index (χ3n) is 4.76. The van der Waals surface area contributed by atoms with Gasteiger partial charge in [0, 0.05) is 11.1 Å². The number of carbonyl (C=O) groups excluding carboxylic acids is 2. The van der Waals surface area contributed by atoms with Crippen molar-refractivity contribution in [1.82, 2.24) is 0 Å². The maximum atomic E-state index is 16.0. The first kappa shape index (κ1) is 16.4. The van der Waals surface area contributed by atoms with Crippen LogP contribution in [0.5, 0.6) is 17.2 Å². The molecule has 1 heterocycles. The van der Waals surface area contributed by atoms with Gasteiger partial charge in [0.2, 0.25) is 12.6 Å². The smallest absolute Gasteiger partial charge is 0.352 e. The average molecular weight is 358 g/mol. The molecular weight excluding hydrogens is 343 g/mol. The van der Waals surface area contributed by atoms with E-state index in [1.165, 1.54) is 19.2 Å². The molecule has 1 aliphatic heterocycles. The van der Waals surface area contributed by atoms with Crippen LogP contribution in [0.25, 0.3) is 0 Å². The second-order valence-electron chi connectivity index (χ2n) is 6.00. The fourth-order valence-electron chi connectivity index (χ4n) is 3.58. The molecule has 0 saturated heterocycles. The fourth-order valence-corrected chi connectivity index (χ4v) is 3.58. The number of halogens is 1. The molecule has 0 aromatic heterocycles. The quantitative estimate of drug-likeness (QED) is 0.621. The van der Waals surface area contributed by atoms with Crippen LogP contribution in [-0.4, -0.2) is 38.4 Å². The van der Waals surface area contributed by atoms with E-state index in [-0.39, 0.29) is 12.4 Å². The second-order valence-corrected chi connectivity index (χ2v) is 6.00. The van der Waals surface area contributed by atoms with Crippen molar-refractivity contribution in [2.45, 2.75) is 11.6 Å². The number of carbonyl (C=O) groups is 2. The highest BCUT2D eigenvalue weighted by atomic mass is 19.1. The molecule has 1 aliphatic carbocycles. The van der Waals surface area contributed by atoms with E-state index in [4.69, 9.17) is 14.2 Å². The number of benzene rings is 2. The van der Waals surface area contributed by atoms with Crippen LogP contribution < -0.4 is 14.2 Å². The minimum atomic E-state index is -2.90. The number of hydrogen-bond donors (Lipinski definition) is 0. The monoisotopic (exact) mass is 358 g/mol. The predicted octanol–water partition coefficient (Wildman–Crippen LogP) is 2.63. The summed E-state index contributed by atoms with van der Waals surface area (Å²) in [6.07, 6.45) is 0. The molecule has 0 N–H and O–H groups in total. The van der Waals surface area contributed by atoms with Gasteiger partial charge in [-0.1, -0.05) is 18.2 Å². The van der Waals surface area contributed by atoms with Gasteiger partial charge in [-0.25, -0.2) is 9.18 Å². The first-order valence-corrected chi connectivity index (χ1v) is 7.91. The van der Waals surface area contributed by atoms with Crippen molar-refractivity contribution in [2.24, 2.45) is 0 Å². The Bertz CT molecular complexity index is 924. The summed E-state index contributed by atoms with van der Waals surface area (Å²) in [6.45, 7) is 0.0174. The third-order valence-corrected chi connectivity index (χ3v) is 4.76. The number of para-hydroxylation sites is 1. The maximum Gasteiger partial charge on any atom is 0.352 e. The molecule has 134 valence electrons. The lowest BCUT2D eigenvalue weighted by Crippen LogP contribution is -2.44. The number of hydrogen-bond acceptors (Lipinski definition) is 6. The summed E-state index contributed by atoms with van der Waals surface area (Å²) in [5, 5.41) is 0. The molecule has 0 saturated carbocycles. The molecule has 4 rings (SSSR count).